The molecule has 0 amide bonds. The van der Waals surface area contributed by atoms with Gasteiger partial charge >= 0.3 is 8.53 Å². The van der Waals surface area contributed by atoms with Gasteiger partial charge in [0.05, 0.1) is 11.0 Å². The van der Waals surface area contributed by atoms with Crippen molar-refractivity contribution in [3.63, 3.8) is 0 Å². The van der Waals surface area contributed by atoms with Crippen LogP contribution in [0.25, 0.3) is 44.3 Å². The summed E-state index contributed by atoms with van der Waals surface area (Å²) in [5.41, 5.74) is 14.6. The predicted octanol–water partition coefficient (Wildman–Crippen LogP) is 13.9. The molecule has 0 N–H and O–H groups in total. The van der Waals surface area contributed by atoms with Crippen molar-refractivity contribution in [2.75, 3.05) is 0 Å². The van der Waals surface area contributed by atoms with Crippen LogP contribution >= 0.6 is 16.4 Å². The van der Waals surface area contributed by atoms with Gasteiger partial charge in [0, 0.05) is 18.6 Å². The Morgan fingerprint density at radius 1 is 0.407 bits per heavy atom. The van der Waals surface area contributed by atoms with E-state index in [9.17, 15) is 0 Å². The van der Waals surface area contributed by atoms with Crippen molar-refractivity contribution >= 4 is 43.4 Å². The van der Waals surface area contributed by atoms with Gasteiger partial charge in [-0.05, 0) is 125 Å². The van der Waals surface area contributed by atoms with E-state index in [4.69, 9.17) is 9.05 Å². The molecule has 1 aromatic heterocycles. The molecule has 0 bridgehead atoms. The second kappa shape index (κ2) is 16.9. The van der Waals surface area contributed by atoms with Crippen LogP contribution in [0.3, 0.4) is 0 Å². The summed E-state index contributed by atoms with van der Waals surface area (Å²) in [4.78, 5) is 0. The van der Waals surface area contributed by atoms with Gasteiger partial charge < -0.3 is 9.05 Å². The summed E-state index contributed by atoms with van der Waals surface area (Å²) >= 11 is 0. The second-order valence-electron chi connectivity index (χ2n) is 14.9. The van der Waals surface area contributed by atoms with Gasteiger partial charge in [-0.15, -0.1) is 0 Å². The molecule has 0 saturated carbocycles. The van der Waals surface area contributed by atoms with E-state index in [-0.39, 0.29) is 0 Å². The van der Waals surface area contributed by atoms with Gasteiger partial charge in [-0.3, -0.25) is 4.34 Å². The average molecular weight is 802 g/mol. The lowest BCUT2D eigenvalue weighted by Crippen LogP contribution is -2.29. The molecule has 288 valence electrons. The number of hydrogen-bond acceptors (Lipinski definition) is 2. The molecule has 1 unspecified atom stereocenters. The highest BCUT2D eigenvalue weighted by Gasteiger charge is 2.34. The van der Waals surface area contributed by atoms with Crippen LogP contribution in [0.2, 0.25) is 0 Å². The van der Waals surface area contributed by atoms with Gasteiger partial charge in [-0.2, -0.15) is 0 Å². The van der Waals surface area contributed by atoms with Crippen LogP contribution in [-0.4, -0.2) is 4.34 Å². The third-order valence-corrected chi connectivity index (χ3v) is 15.1. The van der Waals surface area contributed by atoms with Gasteiger partial charge in [0.1, 0.15) is 11.5 Å². The first-order valence-corrected chi connectivity index (χ1v) is 22.5. The Kier molecular flexibility index (Phi) is 11.0. The molecule has 1 heterocycles. The normalized spacial score (nSPS) is 11.8. The van der Waals surface area contributed by atoms with Gasteiger partial charge in [-0.25, -0.2) is 0 Å². The van der Waals surface area contributed by atoms with Crippen molar-refractivity contribution in [2.24, 2.45) is 0 Å². The Labute approximate surface area is 350 Å². The Hall–Kier alpha value is -6.24. The fourth-order valence-electron chi connectivity index (χ4n) is 8.26. The molecule has 9 aromatic rings. The zero-order valence-electron chi connectivity index (χ0n) is 33.7. The lowest BCUT2D eigenvalue weighted by molar-refractivity contribution is 0.481. The molecule has 0 aliphatic rings. The SMILES string of the molecule is Cc1cccc(C)c1-c1cccc(-c2c(C)cccc2C)c1P(c1ccccc1-c1ccccc1)c1cc2ccccc2n1P(Oc1ccccc1)Oc1ccccc1. The first-order chi connectivity index (χ1) is 29.0. The lowest BCUT2D eigenvalue weighted by Gasteiger charge is -2.31. The van der Waals surface area contributed by atoms with E-state index in [1.807, 2.05) is 60.7 Å². The lowest BCUT2D eigenvalue weighted by atomic mass is 9.90. The standard InChI is InChI=1S/C54H45NO2P2/c1-38-21-18-22-39(2)52(38)47-33-20-34-48(53-40(3)23-19-24-41(53)4)54(47)58(50-36-17-15-32-46(50)42-25-8-5-9-26-42)51-37-43-27-14-16-35-49(43)55(51)59(56-44-28-10-6-11-29-44)57-45-30-12-7-13-31-45/h5-37H,1-4H3. The van der Waals surface area contributed by atoms with Crippen LogP contribution in [0.1, 0.15) is 22.3 Å². The fourth-order valence-corrected chi connectivity index (χ4v) is 12.9. The molecule has 0 aliphatic heterocycles. The van der Waals surface area contributed by atoms with Crippen molar-refractivity contribution in [2.45, 2.75) is 27.7 Å². The van der Waals surface area contributed by atoms with E-state index in [1.165, 1.54) is 66.2 Å². The largest absolute Gasteiger partial charge is 0.423 e. The summed E-state index contributed by atoms with van der Waals surface area (Å²) in [5.74, 6) is 1.50. The second-order valence-corrected chi connectivity index (χ2v) is 18.2. The molecule has 8 aromatic carbocycles. The predicted molar refractivity (Wildman–Crippen MR) is 252 cm³/mol. The highest BCUT2D eigenvalue weighted by atomic mass is 31.2. The van der Waals surface area contributed by atoms with Crippen molar-refractivity contribution < 1.29 is 9.05 Å². The summed E-state index contributed by atoms with van der Waals surface area (Å²) in [6.07, 6.45) is 0. The molecule has 0 spiro atoms. The molecule has 0 fully saturated rings. The minimum absolute atomic E-state index is 0.749. The number of nitrogens with zero attached hydrogens (tertiary/aromatic N) is 1. The van der Waals surface area contributed by atoms with Gasteiger partial charge in [0.2, 0.25) is 0 Å². The van der Waals surface area contributed by atoms with Crippen LogP contribution in [0.15, 0.2) is 200 Å². The minimum atomic E-state index is -1.79. The van der Waals surface area contributed by atoms with Crippen molar-refractivity contribution in [3.05, 3.63) is 222 Å². The van der Waals surface area contributed by atoms with Crippen molar-refractivity contribution in [1.82, 2.24) is 4.34 Å². The summed E-state index contributed by atoms with van der Waals surface area (Å²) in [5, 5.41) is 3.70. The molecular weight excluding hydrogens is 757 g/mol. The van der Waals surface area contributed by atoms with Crippen LogP contribution in [0.4, 0.5) is 0 Å². The number of rotatable bonds is 11. The van der Waals surface area contributed by atoms with E-state index in [1.54, 1.807) is 0 Å². The smallest absolute Gasteiger partial charge is 0.422 e. The number of aromatic nitrogens is 1. The summed E-state index contributed by atoms with van der Waals surface area (Å²) in [6.45, 7) is 8.98. The van der Waals surface area contributed by atoms with Gasteiger partial charge in [-0.1, -0.05) is 164 Å². The Balaban J connectivity index is 1.44. The summed E-state index contributed by atoms with van der Waals surface area (Å²) in [6, 6.07) is 71.3. The molecular formula is C54H45NO2P2. The van der Waals surface area contributed by atoms with E-state index in [0.717, 1.165) is 27.8 Å². The summed E-state index contributed by atoms with van der Waals surface area (Å²) in [7, 11) is -3.15. The molecule has 0 radical (unpaired) electrons. The maximum absolute atomic E-state index is 7.07. The molecule has 9 rings (SSSR count). The maximum atomic E-state index is 7.07. The Bertz CT molecular complexity index is 2740. The number of fused-ring (bicyclic) bond motifs is 1. The maximum Gasteiger partial charge on any atom is 0.422 e. The quantitative estimate of drug-likeness (QED) is 0.122. The molecule has 0 aliphatic carbocycles. The average Bonchev–Trinajstić information content (AvgIpc) is 3.64. The topological polar surface area (TPSA) is 23.4 Å². The summed E-state index contributed by atoms with van der Waals surface area (Å²) < 4.78 is 16.5. The molecule has 0 saturated heterocycles. The Morgan fingerprint density at radius 2 is 0.847 bits per heavy atom. The van der Waals surface area contributed by atoms with Gasteiger partial charge in [0.25, 0.3) is 0 Å². The highest BCUT2D eigenvalue weighted by molar-refractivity contribution is 7.81. The molecule has 59 heavy (non-hydrogen) atoms. The van der Waals surface area contributed by atoms with E-state index < -0.39 is 16.4 Å². The number of aryl methyl sites for hydroxylation is 4. The molecule has 5 heteroatoms. The number of hydrogen-bond donors (Lipinski definition) is 0. The first kappa shape index (κ1) is 38.3. The third kappa shape index (κ3) is 7.61. The number of benzene rings is 8. The molecule has 1 atom stereocenters. The third-order valence-electron chi connectivity index (χ3n) is 10.9. The number of para-hydroxylation sites is 3. The van der Waals surface area contributed by atoms with Crippen LogP contribution in [0, 0.1) is 27.7 Å². The molecule has 3 nitrogen and oxygen atoms in total. The highest BCUT2D eigenvalue weighted by Crippen LogP contribution is 2.51. The van der Waals surface area contributed by atoms with Crippen LogP contribution < -0.4 is 25.1 Å². The zero-order valence-corrected chi connectivity index (χ0v) is 35.5. The zero-order chi connectivity index (χ0) is 40.3. The van der Waals surface area contributed by atoms with Crippen molar-refractivity contribution in [3.8, 4) is 44.9 Å². The van der Waals surface area contributed by atoms with Crippen molar-refractivity contribution in [1.29, 1.82) is 0 Å². The van der Waals surface area contributed by atoms with Crippen LogP contribution in [-0.2, 0) is 0 Å². The monoisotopic (exact) mass is 801 g/mol. The minimum Gasteiger partial charge on any atom is -0.423 e. The van der Waals surface area contributed by atoms with Crippen LogP contribution in [0.5, 0.6) is 11.5 Å². The van der Waals surface area contributed by atoms with E-state index in [0.29, 0.717) is 0 Å². The van der Waals surface area contributed by atoms with E-state index >= 15 is 0 Å². The Morgan fingerprint density at radius 3 is 1.41 bits per heavy atom. The first-order valence-electron chi connectivity index (χ1n) is 20.0. The fraction of sp³-hybridized carbons (Fsp3) is 0.0741. The van der Waals surface area contributed by atoms with E-state index in [2.05, 4.69) is 172 Å². The van der Waals surface area contributed by atoms with Gasteiger partial charge in [0.15, 0.2) is 0 Å².